The van der Waals surface area contributed by atoms with Crippen LogP contribution in [0.25, 0.3) is 11.0 Å². The summed E-state index contributed by atoms with van der Waals surface area (Å²) in [5.41, 5.74) is 2.74. The average Bonchev–Trinajstić information content (AvgIpc) is 3.16. The Morgan fingerprint density at radius 2 is 1.90 bits per heavy atom. The lowest BCUT2D eigenvalue weighted by Crippen LogP contribution is -2.54. The van der Waals surface area contributed by atoms with Crippen molar-refractivity contribution in [1.82, 2.24) is 24.8 Å². The summed E-state index contributed by atoms with van der Waals surface area (Å²) in [4.78, 5) is 35.9. The number of nitrogens with one attached hydrogen (secondary N) is 2. The van der Waals surface area contributed by atoms with Crippen molar-refractivity contribution in [3.05, 3.63) is 47.8 Å². The summed E-state index contributed by atoms with van der Waals surface area (Å²) in [6, 6.07) is 9.33. The minimum absolute atomic E-state index is 0.0416. The van der Waals surface area contributed by atoms with Gasteiger partial charge in [-0.05, 0) is 43.2 Å². The maximum absolute atomic E-state index is 13.0. The first-order valence-electron chi connectivity index (χ1n) is 10.7. The zero-order valence-corrected chi connectivity index (χ0v) is 17.8. The minimum atomic E-state index is -0.548. The van der Waals surface area contributed by atoms with Crippen LogP contribution in [0.15, 0.2) is 36.5 Å². The Bertz CT molecular complexity index is 1160. The quantitative estimate of drug-likeness (QED) is 0.682. The molecule has 0 radical (unpaired) electrons. The van der Waals surface area contributed by atoms with Gasteiger partial charge in [0.05, 0.1) is 6.54 Å². The summed E-state index contributed by atoms with van der Waals surface area (Å²) in [5, 5.41) is 7.25. The fourth-order valence-electron chi connectivity index (χ4n) is 4.82. The molecule has 1 spiro atoms. The van der Waals surface area contributed by atoms with Crippen LogP contribution < -0.4 is 10.6 Å². The van der Waals surface area contributed by atoms with E-state index in [1.165, 1.54) is 0 Å². The second kappa shape index (κ2) is 7.37. The van der Waals surface area contributed by atoms with E-state index >= 15 is 0 Å². The van der Waals surface area contributed by atoms with Gasteiger partial charge < -0.3 is 20.1 Å². The molecule has 8 nitrogen and oxygen atoms in total. The monoisotopic (exact) mass is 418 g/mol. The molecule has 1 aromatic carbocycles. The Labute approximate surface area is 180 Å². The lowest BCUT2D eigenvalue weighted by atomic mass is 9.79. The summed E-state index contributed by atoms with van der Waals surface area (Å²) in [6.07, 6.45) is 6.73. The third kappa shape index (κ3) is 3.22. The van der Waals surface area contributed by atoms with Crippen molar-refractivity contribution in [3.8, 4) is 0 Å². The number of amides is 2. The Morgan fingerprint density at radius 1 is 1.16 bits per heavy atom. The van der Waals surface area contributed by atoms with Gasteiger partial charge in [-0.15, -0.1) is 0 Å². The molecule has 1 aliphatic carbocycles. The van der Waals surface area contributed by atoms with Gasteiger partial charge in [-0.2, -0.15) is 4.98 Å². The lowest BCUT2D eigenvalue weighted by molar-refractivity contribution is -0.133. The number of carbonyl (C=O) groups excluding carboxylic acids is 2. The maximum Gasteiger partial charge on any atom is 0.253 e. The second-order valence-corrected chi connectivity index (χ2v) is 8.62. The van der Waals surface area contributed by atoms with Crippen LogP contribution in [-0.2, 0) is 16.9 Å². The molecule has 0 atom stereocenters. The number of hydrogen-bond acceptors (Lipinski definition) is 5. The molecule has 2 aliphatic rings. The SMILES string of the molecule is CN(C)C(=O)c1ccc(Nc2ncc3cc4n(c3n2)C2(CCCCC2)C(=O)NC4)cc1. The molecule has 0 unspecified atom stereocenters. The van der Waals surface area contributed by atoms with Crippen molar-refractivity contribution in [3.63, 3.8) is 0 Å². The average molecular weight is 419 g/mol. The highest BCUT2D eigenvalue weighted by atomic mass is 16.2. The molecule has 2 amide bonds. The van der Waals surface area contributed by atoms with Gasteiger partial charge in [0.1, 0.15) is 11.2 Å². The van der Waals surface area contributed by atoms with Crippen LogP contribution in [0, 0.1) is 0 Å². The fraction of sp³-hybridized carbons (Fsp3) is 0.391. The molecule has 31 heavy (non-hydrogen) atoms. The van der Waals surface area contributed by atoms with Crippen LogP contribution in [0.3, 0.4) is 0 Å². The predicted octanol–water partition coefficient (Wildman–Crippen LogP) is 3.17. The van der Waals surface area contributed by atoms with E-state index in [-0.39, 0.29) is 11.8 Å². The van der Waals surface area contributed by atoms with Gasteiger partial charge in [-0.1, -0.05) is 19.3 Å². The Kier molecular flexibility index (Phi) is 4.64. The number of rotatable bonds is 3. The van der Waals surface area contributed by atoms with Gasteiger partial charge in [0.25, 0.3) is 5.91 Å². The first-order chi connectivity index (χ1) is 15.0. The first kappa shape index (κ1) is 19.5. The Morgan fingerprint density at radius 3 is 2.61 bits per heavy atom. The number of fused-ring (bicyclic) bond motifs is 4. The van der Waals surface area contributed by atoms with E-state index in [2.05, 4.69) is 26.3 Å². The van der Waals surface area contributed by atoms with Crippen LogP contribution in [-0.4, -0.2) is 45.3 Å². The normalized spacial score (nSPS) is 17.3. The zero-order chi connectivity index (χ0) is 21.6. The van der Waals surface area contributed by atoms with E-state index in [9.17, 15) is 9.59 Å². The van der Waals surface area contributed by atoms with E-state index in [0.717, 1.165) is 54.5 Å². The van der Waals surface area contributed by atoms with Crippen LogP contribution in [0.2, 0.25) is 0 Å². The van der Waals surface area contributed by atoms with Crippen molar-refractivity contribution >= 4 is 34.5 Å². The molecule has 5 rings (SSSR count). The minimum Gasteiger partial charge on any atom is -0.348 e. The molecule has 1 aliphatic heterocycles. The van der Waals surface area contributed by atoms with Crippen LogP contribution in [0.5, 0.6) is 0 Å². The van der Waals surface area contributed by atoms with Crippen molar-refractivity contribution < 1.29 is 9.59 Å². The molecule has 2 aromatic heterocycles. The van der Waals surface area contributed by atoms with E-state index < -0.39 is 5.54 Å². The third-order valence-corrected chi connectivity index (χ3v) is 6.37. The summed E-state index contributed by atoms with van der Waals surface area (Å²) < 4.78 is 2.16. The standard InChI is InChI=1S/C23H26N6O2/c1-28(2)20(30)15-6-8-17(9-7-15)26-22-25-13-16-12-18-14-24-21(31)23(10-4-3-5-11-23)29(18)19(16)27-22/h6-9,12-13H,3-5,10-11,14H2,1-2H3,(H,24,31)(H,25,26,27). The molecule has 160 valence electrons. The first-order valence-corrected chi connectivity index (χ1v) is 10.7. The molecule has 1 fully saturated rings. The zero-order valence-electron chi connectivity index (χ0n) is 17.8. The van der Waals surface area contributed by atoms with Crippen molar-refractivity contribution in [1.29, 1.82) is 0 Å². The second-order valence-electron chi connectivity index (χ2n) is 8.62. The highest BCUT2D eigenvalue weighted by molar-refractivity contribution is 5.94. The van der Waals surface area contributed by atoms with Gasteiger partial charge in [-0.3, -0.25) is 9.59 Å². The molecule has 3 aromatic rings. The van der Waals surface area contributed by atoms with E-state index in [4.69, 9.17) is 4.98 Å². The van der Waals surface area contributed by atoms with Gasteiger partial charge in [-0.25, -0.2) is 4.98 Å². The van der Waals surface area contributed by atoms with Crippen molar-refractivity contribution in [2.45, 2.75) is 44.2 Å². The van der Waals surface area contributed by atoms with E-state index in [0.29, 0.717) is 18.1 Å². The highest BCUT2D eigenvalue weighted by Crippen LogP contribution is 2.41. The third-order valence-electron chi connectivity index (χ3n) is 6.37. The summed E-state index contributed by atoms with van der Waals surface area (Å²) in [7, 11) is 3.46. The van der Waals surface area contributed by atoms with Crippen molar-refractivity contribution in [2.75, 3.05) is 19.4 Å². The molecule has 3 heterocycles. The molecule has 0 bridgehead atoms. The summed E-state index contributed by atoms with van der Waals surface area (Å²) in [5.74, 6) is 0.531. The number of benzene rings is 1. The van der Waals surface area contributed by atoms with Crippen LogP contribution >= 0.6 is 0 Å². The van der Waals surface area contributed by atoms with Gasteiger partial charge in [0.15, 0.2) is 0 Å². The topological polar surface area (TPSA) is 92.2 Å². The van der Waals surface area contributed by atoms with Gasteiger partial charge >= 0.3 is 0 Å². The fourth-order valence-corrected chi connectivity index (χ4v) is 4.82. The number of nitrogens with zero attached hydrogens (tertiary/aromatic N) is 4. The summed E-state index contributed by atoms with van der Waals surface area (Å²) >= 11 is 0. The predicted molar refractivity (Wildman–Crippen MR) is 118 cm³/mol. The van der Waals surface area contributed by atoms with Crippen molar-refractivity contribution in [2.24, 2.45) is 0 Å². The van der Waals surface area contributed by atoms with E-state index in [1.54, 1.807) is 37.3 Å². The molecule has 8 heteroatoms. The van der Waals surface area contributed by atoms with Gasteiger partial charge in [0.2, 0.25) is 11.9 Å². The number of aromatic nitrogens is 3. The lowest BCUT2D eigenvalue weighted by Gasteiger charge is -2.41. The number of anilines is 2. The van der Waals surface area contributed by atoms with Crippen LogP contribution in [0.1, 0.15) is 48.2 Å². The molecular formula is C23H26N6O2. The maximum atomic E-state index is 13.0. The van der Waals surface area contributed by atoms with Crippen LogP contribution in [0.4, 0.5) is 11.6 Å². The number of hydrogen-bond donors (Lipinski definition) is 2. The highest BCUT2D eigenvalue weighted by Gasteiger charge is 2.45. The summed E-state index contributed by atoms with van der Waals surface area (Å²) in [6.45, 7) is 0.515. The molecule has 2 N–H and O–H groups in total. The molecular weight excluding hydrogens is 392 g/mol. The molecule has 0 saturated heterocycles. The van der Waals surface area contributed by atoms with Gasteiger partial charge in [0, 0.05) is 42.6 Å². The Hall–Kier alpha value is -3.42. The Balaban J connectivity index is 1.50. The number of carbonyl (C=O) groups is 2. The molecule has 1 saturated carbocycles. The largest absolute Gasteiger partial charge is 0.348 e. The smallest absolute Gasteiger partial charge is 0.253 e. The van der Waals surface area contributed by atoms with E-state index in [1.807, 2.05) is 12.1 Å².